The molecular weight excluding hydrogens is 440 g/mol. The van der Waals surface area contributed by atoms with E-state index in [2.05, 4.69) is 21.0 Å². The Morgan fingerprint density at radius 1 is 1.18 bits per heavy atom. The first-order valence-electron chi connectivity index (χ1n) is 10.8. The van der Waals surface area contributed by atoms with Crippen LogP contribution in [0.1, 0.15) is 30.0 Å². The summed E-state index contributed by atoms with van der Waals surface area (Å²) in [6.45, 7) is 0.106. The quantitative estimate of drug-likeness (QED) is 0.427. The van der Waals surface area contributed by atoms with Crippen molar-refractivity contribution in [2.45, 2.75) is 31.5 Å². The summed E-state index contributed by atoms with van der Waals surface area (Å²) < 4.78 is 35.6. The first-order chi connectivity index (χ1) is 16.6. The minimum Gasteiger partial charge on any atom is -0.481 e. The van der Waals surface area contributed by atoms with Gasteiger partial charge in [-0.1, -0.05) is 0 Å². The zero-order valence-electron chi connectivity index (χ0n) is 18.4. The lowest BCUT2D eigenvalue weighted by Gasteiger charge is -2.26. The maximum atomic E-state index is 14.6. The lowest BCUT2D eigenvalue weighted by atomic mass is 10.1. The van der Waals surface area contributed by atoms with Crippen LogP contribution in [0.4, 0.5) is 14.6 Å². The zero-order valence-corrected chi connectivity index (χ0v) is 18.4. The van der Waals surface area contributed by atoms with Gasteiger partial charge in [-0.05, 0) is 42.3 Å². The molecule has 1 aliphatic rings. The van der Waals surface area contributed by atoms with Gasteiger partial charge in [0.2, 0.25) is 5.88 Å². The Hall–Kier alpha value is -4.13. The Morgan fingerprint density at radius 3 is 2.88 bits per heavy atom. The van der Waals surface area contributed by atoms with E-state index in [0.29, 0.717) is 41.3 Å². The fraction of sp³-hybridized carbons (Fsp3) is 0.292. The number of aromatic nitrogens is 5. The lowest BCUT2D eigenvalue weighted by Crippen LogP contribution is -2.26. The van der Waals surface area contributed by atoms with Gasteiger partial charge in [0, 0.05) is 24.6 Å². The molecule has 1 fully saturated rings. The van der Waals surface area contributed by atoms with E-state index in [-0.39, 0.29) is 18.8 Å². The van der Waals surface area contributed by atoms with Crippen LogP contribution in [-0.2, 0) is 6.42 Å². The average molecular weight is 461 g/mol. The molecule has 0 bridgehead atoms. The van der Waals surface area contributed by atoms with Gasteiger partial charge < -0.3 is 9.64 Å². The predicted octanol–water partition coefficient (Wildman–Crippen LogP) is 4.08. The van der Waals surface area contributed by atoms with E-state index < -0.39 is 18.0 Å². The molecule has 4 aromatic heterocycles. The van der Waals surface area contributed by atoms with Crippen molar-refractivity contribution in [2.75, 3.05) is 18.6 Å². The molecule has 2 atom stereocenters. The Kier molecular flexibility index (Phi) is 5.76. The molecule has 1 aliphatic heterocycles. The summed E-state index contributed by atoms with van der Waals surface area (Å²) in [5, 5.41) is 13.6. The van der Waals surface area contributed by atoms with Crippen molar-refractivity contribution in [1.29, 1.82) is 5.26 Å². The molecule has 5 heterocycles. The lowest BCUT2D eigenvalue weighted by molar-refractivity contribution is 0.352. The first-order valence-corrected chi connectivity index (χ1v) is 10.8. The van der Waals surface area contributed by atoms with Crippen LogP contribution in [-0.4, -0.2) is 44.4 Å². The number of hydrogen-bond acceptors (Lipinski definition) is 7. The van der Waals surface area contributed by atoms with Crippen molar-refractivity contribution >= 4 is 11.5 Å². The number of nitriles is 1. The smallest absolute Gasteiger partial charge is 0.218 e. The summed E-state index contributed by atoms with van der Waals surface area (Å²) in [7, 11) is 1.45. The minimum atomic E-state index is -1.11. The Morgan fingerprint density at radius 2 is 2.06 bits per heavy atom. The van der Waals surface area contributed by atoms with Crippen molar-refractivity contribution in [3.8, 4) is 23.3 Å². The maximum Gasteiger partial charge on any atom is 0.218 e. The second-order valence-corrected chi connectivity index (χ2v) is 8.07. The van der Waals surface area contributed by atoms with Crippen LogP contribution in [0.5, 0.6) is 5.88 Å². The Labute approximate surface area is 194 Å². The molecule has 0 spiro atoms. The van der Waals surface area contributed by atoms with E-state index in [1.165, 1.54) is 13.2 Å². The molecule has 0 aromatic carbocycles. The fourth-order valence-corrected chi connectivity index (χ4v) is 4.35. The summed E-state index contributed by atoms with van der Waals surface area (Å²) in [6, 6.07) is 10.4. The van der Waals surface area contributed by atoms with Crippen LogP contribution in [0.25, 0.3) is 17.0 Å². The highest BCUT2D eigenvalue weighted by Gasteiger charge is 2.36. The molecular formula is C24H21F2N7O. The molecule has 4 aromatic rings. The van der Waals surface area contributed by atoms with Crippen molar-refractivity contribution in [2.24, 2.45) is 0 Å². The third-order valence-electron chi connectivity index (χ3n) is 5.90. The topological polar surface area (TPSA) is 92.2 Å². The number of nitrogens with zero attached hydrogens (tertiary/aromatic N) is 7. The van der Waals surface area contributed by atoms with Crippen molar-refractivity contribution in [1.82, 2.24) is 24.6 Å². The standard InChI is InChI=1S/C24H21F2N7O/c1-34-24-18(10-16(25)12-30-24)20-11-17(26)14-32(20)23-5-4-22-29-13-21(33(22)31-23)19-9-15(3-2-7-27)6-8-28-19/h4-6,8-10,12-13,17,20H,2-3,11,14H2,1H3/t17-,20+/m0/s1. The van der Waals surface area contributed by atoms with Gasteiger partial charge in [0.05, 0.1) is 43.9 Å². The predicted molar refractivity (Wildman–Crippen MR) is 120 cm³/mol. The number of ether oxygens (including phenoxy) is 1. The number of fused-ring (bicyclic) bond motifs is 1. The molecule has 1 saturated heterocycles. The van der Waals surface area contributed by atoms with Crippen LogP contribution >= 0.6 is 0 Å². The van der Waals surface area contributed by atoms with Crippen LogP contribution in [0.15, 0.2) is 48.9 Å². The van der Waals surface area contributed by atoms with E-state index in [9.17, 15) is 8.78 Å². The highest BCUT2D eigenvalue weighted by molar-refractivity contribution is 5.61. The Bertz CT molecular complexity index is 1380. The molecule has 0 aliphatic carbocycles. The molecule has 0 N–H and O–H groups in total. The number of pyridine rings is 2. The van der Waals surface area contributed by atoms with E-state index in [0.717, 1.165) is 11.8 Å². The SMILES string of the molecule is COc1ncc(F)cc1[C@H]1C[C@H](F)CN1c1ccc2ncc(-c3cc(CCC#N)ccn3)n2n1. The monoisotopic (exact) mass is 461 g/mol. The highest BCUT2D eigenvalue weighted by Crippen LogP contribution is 2.40. The number of alkyl halides is 1. The number of methoxy groups -OCH3 is 1. The van der Waals surface area contributed by atoms with Crippen LogP contribution < -0.4 is 9.64 Å². The molecule has 0 unspecified atom stereocenters. The molecule has 0 saturated carbocycles. The summed E-state index contributed by atoms with van der Waals surface area (Å²) in [5.41, 5.74) is 3.42. The minimum absolute atomic E-state index is 0.106. The van der Waals surface area contributed by atoms with Gasteiger partial charge >= 0.3 is 0 Å². The number of anilines is 1. The number of imidazole rings is 1. The number of hydrogen-bond donors (Lipinski definition) is 0. The Balaban J connectivity index is 1.55. The molecule has 34 heavy (non-hydrogen) atoms. The third-order valence-corrected chi connectivity index (χ3v) is 5.90. The zero-order chi connectivity index (χ0) is 23.7. The van der Waals surface area contributed by atoms with E-state index >= 15 is 0 Å². The van der Waals surface area contributed by atoms with Gasteiger partial charge in [-0.25, -0.2) is 23.3 Å². The van der Waals surface area contributed by atoms with Crippen LogP contribution in [0.3, 0.4) is 0 Å². The summed E-state index contributed by atoms with van der Waals surface area (Å²) >= 11 is 0. The summed E-state index contributed by atoms with van der Waals surface area (Å²) in [5.74, 6) is 0.262. The number of rotatable bonds is 6. The first kappa shape index (κ1) is 21.7. The molecule has 10 heteroatoms. The van der Waals surface area contributed by atoms with E-state index in [4.69, 9.17) is 15.1 Å². The maximum absolute atomic E-state index is 14.6. The summed E-state index contributed by atoms with van der Waals surface area (Å²) in [6.07, 6.45) is 4.54. The molecule has 172 valence electrons. The number of halogens is 2. The molecule has 5 rings (SSSR count). The highest BCUT2D eigenvalue weighted by atomic mass is 19.1. The van der Waals surface area contributed by atoms with Crippen molar-refractivity contribution in [3.63, 3.8) is 0 Å². The third kappa shape index (κ3) is 4.01. The molecule has 0 amide bonds. The van der Waals surface area contributed by atoms with Gasteiger partial charge in [0.25, 0.3) is 0 Å². The molecule has 8 nitrogen and oxygen atoms in total. The van der Waals surface area contributed by atoms with Gasteiger partial charge in [-0.15, -0.1) is 5.10 Å². The van der Waals surface area contributed by atoms with Gasteiger partial charge in [-0.2, -0.15) is 5.26 Å². The second-order valence-electron chi connectivity index (χ2n) is 8.07. The normalized spacial score (nSPS) is 17.8. The largest absolute Gasteiger partial charge is 0.481 e. The summed E-state index contributed by atoms with van der Waals surface area (Å²) in [4.78, 5) is 14.7. The van der Waals surface area contributed by atoms with E-state index in [1.54, 1.807) is 33.9 Å². The fourth-order valence-electron chi connectivity index (χ4n) is 4.35. The van der Waals surface area contributed by atoms with Gasteiger partial charge in [0.15, 0.2) is 5.65 Å². The second kappa shape index (κ2) is 9.02. The molecule has 0 radical (unpaired) electrons. The van der Waals surface area contributed by atoms with Crippen molar-refractivity contribution in [3.05, 3.63) is 65.9 Å². The number of aryl methyl sites for hydroxylation is 1. The van der Waals surface area contributed by atoms with Gasteiger partial charge in [-0.3, -0.25) is 4.98 Å². The average Bonchev–Trinajstić information content (AvgIpc) is 3.46. The van der Waals surface area contributed by atoms with Crippen LogP contribution in [0.2, 0.25) is 0 Å². The van der Waals surface area contributed by atoms with E-state index in [1.807, 2.05) is 12.1 Å². The van der Waals surface area contributed by atoms with Crippen LogP contribution in [0, 0.1) is 17.1 Å². The van der Waals surface area contributed by atoms with Gasteiger partial charge in [0.1, 0.15) is 23.5 Å². The van der Waals surface area contributed by atoms with Crippen molar-refractivity contribution < 1.29 is 13.5 Å².